The Labute approximate surface area is 186 Å². The van der Waals surface area contributed by atoms with E-state index in [9.17, 15) is 31.4 Å². The number of alkyl halides is 6. The van der Waals surface area contributed by atoms with E-state index in [1.807, 2.05) is 18.7 Å². The molecule has 0 aliphatic heterocycles. The lowest BCUT2D eigenvalue weighted by atomic mass is 10.1. The fraction of sp³-hybridized carbons (Fsp3) is 0.609. The fourth-order valence-corrected chi connectivity index (χ4v) is 2.76. The molecule has 1 unspecified atom stereocenters. The fourth-order valence-electron chi connectivity index (χ4n) is 2.76. The highest BCUT2D eigenvalue weighted by molar-refractivity contribution is 6.00. The molecule has 184 valence electrons. The molecule has 0 aliphatic rings. The number of allylic oxidation sites excluding steroid dienone is 6. The number of hydrogen-bond donors (Lipinski definition) is 1. The Balaban J connectivity index is 6.01. The van der Waals surface area contributed by atoms with Gasteiger partial charge in [-0.3, -0.25) is 0 Å². The van der Waals surface area contributed by atoms with Crippen molar-refractivity contribution in [2.45, 2.75) is 71.8 Å². The molecule has 0 radical (unpaired) electrons. The van der Waals surface area contributed by atoms with Crippen LogP contribution in [0.15, 0.2) is 52.7 Å². The molecule has 0 spiro atoms. The van der Waals surface area contributed by atoms with Gasteiger partial charge in [0.25, 0.3) is 0 Å². The van der Waals surface area contributed by atoms with Gasteiger partial charge in [-0.1, -0.05) is 45.4 Å². The highest BCUT2D eigenvalue weighted by Crippen LogP contribution is 2.31. The third-order valence-electron chi connectivity index (χ3n) is 4.65. The predicted molar refractivity (Wildman–Crippen MR) is 118 cm³/mol. The summed E-state index contributed by atoms with van der Waals surface area (Å²) >= 11 is 0. The van der Waals surface area contributed by atoms with E-state index < -0.39 is 35.4 Å². The molecule has 32 heavy (non-hydrogen) atoms. The van der Waals surface area contributed by atoms with Gasteiger partial charge in [0.05, 0.1) is 17.4 Å². The summed E-state index contributed by atoms with van der Waals surface area (Å²) in [5, 5.41) is 10.4. The molecule has 0 fully saturated rings. The van der Waals surface area contributed by atoms with Crippen molar-refractivity contribution in [3.63, 3.8) is 0 Å². The predicted octanol–water partition coefficient (Wildman–Crippen LogP) is 6.78. The molecule has 0 aromatic rings. The van der Waals surface area contributed by atoms with E-state index in [0.717, 1.165) is 44.8 Å². The van der Waals surface area contributed by atoms with Crippen LogP contribution in [-0.2, 0) is 0 Å². The van der Waals surface area contributed by atoms with Crippen LogP contribution in [0.2, 0.25) is 0 Å². The number of aliphatic imine (C=N–C) groups is 1. The maximum atomic E-state index is 13.5. The van der Waals surface area contributed by atoms with E-state index >= 15 is 0 Å². The maximum Gasteiger partial charge on any atom is 0.433 e. The lowest BCUT2D eigenvalue weighted by Gasteiger charge is -2.25. The third kappa shape index (κ3) is 11.7. The number of rotatable bonds is 13. The summed E-state index contributed by atoms with van der Waals surface area (Å²) in [5.74, 6) is 0. The molecule has 9 heteroatoms. The molecular weight excluding hydrogens is 434 g/mol. The summed E-state index contributed by atoms with van der Waals surface area (Å²) in [7, 11) is 0. The highest BCUT2D eigenvalue weighted by Gasteiger charge is 2.37. The number of unbranched alkanes of at least 4 members (excludes halogenated alkanes) is 2. The topological polar surface area (TPSA) is 35.8 Å². The van der Waals surface area contributed by atoms with Gasteiger partial charge in [-0.2, -0.15) is 26.3 Å². The number of hydrogen-bond acceptors (Lipinski definition) is 3. The summed E-state index contributed by atoms with van der Waals surface area (Å²) in [6.45, 7) is 11.0. The Hall–Kier alpha value is -1.87. The molecule has 0 aromatic heterocycles. The average Bonchev–Trinajstić information content (AvgIpc) is 2.67. The number of aliphatic hydroxyl groups is 1. The van der Waals surface area contributed by atoms with Crippen LogP contribution in [-0.4, -0.2) is 53.8 Å². The minimum atomic E-state index is -4.99. The lowest BCUT2D eigenvalue weighted by Crippen LogP contribution is -2.35. The van der Waals surface area contributed by atoms with E-state index in [2.05, 4.69) is 11.6 Å². The first-order chi connectivity index (χ1) is 14.8. The van der Waals surface area contributed by atoms with Crippen LogP contribution in [0.3, 0.4) is 0 Å². The van der Waals surface area contributed by atoms with Crippen LogP contribution in [0, 0.1) is 0 Å². The normalized spacial score (nSPS) is 16.0. The Kier molecular flexibility index (Phi) is 13.5. The van der Waals surface area contributed by atoms with Crippen molar-refractivity contribution in [1.82, 2.24) is 4.90 Å². The van der Waals surface area contributed by atoms with E-state index in [-0.39, 0.29) is 12.1 Å². The standard InChI is InChI=1S/C23H34F6N2O/c1-6-9-12-19(22(24,25)26)18(5)30-21(23(27,28)29)15-17(4)20(32)16-31(13-10-7-2)14-11-8-3/h6,9,12,15,20,32H,1,7-8,10-11,13-14,16H2,2-5H3/b12-9-,17-15+,19-18-,30-21+. The molecule has 1 N–H and O–H groups in total. The highest BCUT2D eigenvalue weighted by atomic mass is 19.4. The third-order valence-corrected chi connectivity index (χ3v) is 4.65. The van der Waals surface area contributed by atoms with Gasteiger partial charge in [0.1, 0.15) is 5.71 Å². The second-order valence-electron chi connectivity index (χ2n) is 7.50. The van der Waals surface area contributed by atoms with Gasteiger partial charge in [-0.15, -0.1) is 0 Å². The minimum absolute atomic E-state index is 0.0259. The molecule has 0 saturated heterocycles. The first-order valence-corrected chi connectivity index (χ1v) is 10.6. The van der Waals surface area contributed by atoms with Gasteiger partial charge in [0, 0.05) is 6.54 Å². The van der Waals surface area contributed by atoms with Crippen LogP contribution < -0.4 is 0 Å². The minimum Gasteiger partial charge on any atom is -0.387 e. The van der Waals surface area contributed by atoms with Crippen molar-refractivity contribution in [3.8, 4) is 0 Å². The van der Waals surface area contributed by atoms with Crippen molar-refractivity contribution in [1.29, 1.82) is 0 Å². The first-order valence-electron chi connectivity index (χ1n) is 10.6. The first kappa shape index (κ1) is 30.1. The van der Waals surface area contributed by atoms with Crippen molar-refractivity contribution in [2.75, 3.05) is 19.6 Å². The van der Waals surface area contributed by atoms with Crippen molar-refractivity contribution in [2.24, 2.45) is 4.99 Å². The van der Waals surface area contributed by atoms with E-state index in [4.69, 9.17) is 0 Å². The molecule has 3 nitrogen and oxygen atoms in total. The Morgan fingerprint density at radius 2 is 1.53 bits per heavy atom. The number of aliphatic hydroxyl groups excluding tert-OH is 1. The van der Waals surface area contributed by atoms with Crippen LogP contribution in [0.1, 0.15) is 53.4 Å². The quantitative estimate of drug-likeness (QED) is 0.184. The van der Waals surface area contributed by atoms with E-state index in [1.165, 1.54) is 6.92 Å². The zero-order valence-corrected chi connectivity index (χ0v) is 19.2. The van der Waals surface area contributed by atoms with Gasteiger partial charge in [0.2, 0.25) is 0 Å². The number of halogens is 6. The molecule has 0 saturated carbocycles. The summed E-state index contributed by atoms with van der Waals surface area (Å²) in [5.41, 5.74) is -3.68. The molecule has 0 heterocycles. The SMILES string of the molecule is C=C\C=C/C(=C(C)/N=C(\C=C(/C)C(O)CN(CCCC)CCCC)C(F)(F)F)C(F)(F)F. The van der Waals surface area contributed by atoms with Gasteiger partial charge >= 0.3 is 12.4 Å². The van der Waals surface area contributed by atoms with Gasteiger partial charge < -0.3 is 10.0 Å². The van der Waals surface area contributed by atoms with Crippen LogP contribution >= 0.6 is 0 Å². The smallest absolute Gasteiger partial charge is 0.387 e. The maximum absolute atomic E-state index is 13.5. The van der Waals surface area contributed by atoms with Crippen molar-refractivity contribution < 1.29 is 31.4 Å². The summed E-state index contributed by atoms with van der Waals surface area (Å²) in [6.07, 6.45) is -4.17. The lowest BCUT2D eigenvalue weighted by molar-refractivity contribution is -0.0891. The second-order valence-corrected chi connectivity index (χ2v) is 7.50. The molecule has 0 aliphatic carbocycles. The van der Waals surface area contributed by atoms with Crippen LogP contribution in [0.25, 0.3) is 0 Å². The molecule has 0 rings (SSSR count). The largest absolute Gasteiger partial charge is 0.433 e. The Morgan fingerprint density at radius 3 is 1.94 bits per heavy atom. The van der Waals surface area contributed by atoms with E-state index in [0.29, 0.717) is 25.2 Å². The van der Waals surface area contributed by atoms with Crippen molar-refractivity contribution in [3.05, 3.63) is 47.7 Å². The Bertz CT molecular complexity index is 694. The van der Waals surface area contributed by atoms with Gasteiger partial charge in [-0.05, 0) is 57.5 Å². The van der Waals surface area contributed by atoms with Crippen LogP contribution in [0.5, 0.6) is 0 Å². The zero-order chi connectivity index (χ0) is 24.9. The number of nitrogens with zero attached hydrogens (tertiary/aromatic N) is 2. The van der Waals surface area contributed by atoms with Crippen molar-refractivity contribution >= 4 is 5.71 Å². The molecule has 0 bridgehead atoms. The van der Waals surface area contributed by atoms with Gasteiger partial charge in [0.15, 0.2) is 0 Å². The average molecular weight is 469 g/mol. The van der Waals surface area contributed by atoms with Crippen LogP contribution in [0.4, 0.5) is 26.3 Å². The molecule has 1 atom stereocenters. The molecule has 0 aromatic carbocycles. The monoisotopic (exact) mass is 468 g/mol. The summed E-state index contributed by atoms with van der Waals surface area (Å²) in [6, 6.07) is 0. The second kappa shape index (κ2) is 14.3. The molecular formula is C23H34F6N2O. The summed E-state index contributed by atoms with van der Waals surface area (Å²) < 4.78 is 80.2. The summed E-state index contributed by atoms with van der Waals surface area (Å²) in [4.78, 5) is 5.21. The van der Waals surface area contributed by atoms with Gasteiger partial charge in [-0.25, -0.2) is 4.99 Å². The van der Waals surface area contributed by atoms with E-state index in [1.54, 1.807) is 0 Å². The molecule has 0 amide bonds. The zero-order valence-electron chi connectivity index (χ0n) is 19.2. The Morgan fingerprint density at radius 1 is 1.00 bits per heavy atom.